The van der Waals surface area contributed by atoms with Crippen molar-refractivity contribution >= 4 is 11.8 Å². The number of likely N-dealkylation sites (N-methyl/N-ethyl adjacent to an activating group) is 1. The highest BCUT2D eigenvalue weighted by Gasteiger charge is 2.24. The molecule has 1 aliphatic carbocycles. The Morgan fingerprint density at radius 2 is 2.32 bits per heavy atom. The Balaban J connectivity index is 1.79. The second-order valence-electron chi connectivity index (χ2n) is 4.66. The normalized spacial score (nSPS) is 14.2. The van der Waals surface area contributed by atoms with E-state index < -0.39 is 0 Å². The van der Waals surface area contributed by atoms with Crippen LogP contribution in [0.1, 0.15) is 18.5 Å². The van der Waals surface area contributed by atoms with Crippen molar-refractivity contribution in [1.29, 1.82) is 0 Å². The molecule has 0 saturated heterocycles. The lowest BCUT2D eigenvalue weighted by Crippen LogP contribution is -2.40. The summed E-state index contributed by atoms with van der Waals surface area (Å²) in [5.74, 6) is -0.381. The first-order chi connectivity index (χ1) is 9.08. The van der Waals surface area contributed by atoms with Gasteiger partial charge in [0.25, 0.3) is 0 Å². The van der Waals surface area contributed by atoms with E-state index >= 15 is 0 Å². The van der Waals surface area contributed by atoms with Crippen LogP contribution in [0.5, 0.6) is 0 Å². The minimum Gasteiger partial charge on any atom is -0.390 e. The molecule has 2 rings (SSSR count). The summed E-state index contributed by atoms with van der Waals surface area (Å²) in [4.78, 5) is 24.7. The molecule has 0 aromatic carbocycles. The van der Waals surface area contributed by atoms with Crippen LogP contribution >= 0.6 is 0 Å². The molecule has 1 heterocycles. The van der Waals surface area contributed by atoms with Crippen molar-refractivity contribution in [2.45, 2.75) is 32.0 Å². The summed E-state index contributed by atoms with van der Waals surface area (Å²) in [5.41, 5.74) is 0.405. The number of hydrogen-bond acceptors (Lipinski definition) is 5. The fraction of sp³-hybridized carbons (Fsp3) is 0.636. The quantitative estimate of drug-likeness (QED) is 0.654. The van der Waals surface area contributed by atoms with E-state index in [0.717, 1.165) is 12.8 Å². The largest absolute Gasteiger partial charge is 0.390 e. The fourth-order valence-corrected chi connectivity index (χ4v) is 1.55. The van der Waals surface area contributed by atoms with Crippen LogP contribution in [0.3, 0.4) is 0 Å². The molecule has 8 nitrogen and oxygen atoms in total. The highest BCUT2D eigenvalue weighted by atomic mass is 16.3. The van der Waals surface area contributed by atoms with Crippen LogP contribution in [-0.4, -0.2) is 56.4 Å². The number of carbonyl (C=O) groups is 2. The van der Waals surface area contributed by atoms with Crippen molar-refractivity contribution < 1.29 is 14.7 Å². The van der Waals surface area contributed by atoms with Gasteiger partial charge in [-0.2, -0.15) is 0 Å². The van der Waals surface area contributed by atoms with Crippen LogP contribution in [0.25, 0.3) is 0 Å². The second-order valence-corrected chi connectivity index (χ2v) is 4.66. The number of hydrogen-bond donors (Lipinski definition) is 2. The van der Waals surface area contributed by atoms with Crippen LogP contribution in [0.15, 0.2) is 6.20 Å². The van der Waals surface area contributed by atoms with Crippen molar-refractivity contribution in [3.05, 3.63) is 11.9 Å². The van der Waals surface area contributed by atoms with Crippen molar-refractivity contribution in [3.8, 4) is 0 Å². The van der Waals surface area contributed by atoms with Crippen molar-refractivity contribution in [3.63, 3.8) is 0 Å². The Kier molecular flexibility index (Phi) is 4.10. The van der Waals surface area contributed by atoms with Gasteiger partial charge in [-0.05, 0) is 12.8 Å². The topological polar surface area (TPSA) is 100 Å². The smallest absolute Gasteiger partial charge is 0.244 e. The molecule has 0 spiro atoms. The Labute approximate surface area is 110 Å². The van der Waals surface area contributed by atoms with E-state index in [1.807, 2.05) is 0 Å². The van der Waals surface area contributed by atoms with E-state index in [0.29, 0.717) is 11.7 Å². The molecule has 0 aliphatic heterocycles. The zero-order valence-electron chi connectivity index (χ0n) is 10.7. The zero-order valence-corrected chi connectivity index (χ0v) is 10.7. The Bertz CT molecular complexity index is 469. The number of aromatic nitrogens is 3. The lowest BCUT2D eigenvalue weighted by atomic mass is 10.4. The number of aliphatic hydroxyl groups excluding tert-OH is 1. The molecular formula is C11H17N5O3. The van der Waals surface area contributed by atoms with Gasteiger partial charge >= 0.3 is 0 Å². The van der Waals surface area contributed by atoms with Crippen LogP contribution in [0.2, 0.25) is 0 Å². The molecule has 1 aromatic heterocycles. The second kappa shape index (κ2) is 5.79. The fourth-order valence-electron chi connectivity index (χ4n) is 1.55. The molecule has 0 bridgehead atoms. The summed E-state index contributed by atoms with van der Waals surface area (Å²) in [7, 11) is 1.57. The molecule has 1 fully saturated rings. The molecular weight excluding hydrogens is 250 g/mol. The molecule has 1 aliphatic rings. The summed E-state index contributed by atoms with van der Waals surface area (Å²) in [5, 5.41) is 19.0. The molecule has 2 N–H and O–H groups in total. The molecule has 19 heavy (non-hydrogen) atoms. The molecule has 2 amide bonds. The van der Waals surface area contributed by atoms with Gasteiger partial charge in [0.15, 0.2) is 0 Å². The van der Waals surface area contributed by atoms with Gasteiger partial charge in [-0.1, -0.05) is 5.21 Å². The summed E-state index contributed by atoms with van der Waals surface area (Å²) >= 11 is 0. The van der Waals surface area contributed by atoms with Crippen molar-refractivity contribution in [2.75, 3.05) is 13.6 Å². The predicted molar refractivity (Wildman–Crippen MR) is 64.7 cm³/mol. The van der Waals surface area contributed by atoms with Gasteiger partial charge in [-0.25, -0.2) is 4.68 Å². The maximum absolute atomic E-state index is 11.8. The third kappa shape index (κ3) is 4.02. The van der Waals surface area contributed by atoms with E-state index in [-0.39, 0.29) is 31.5 Å². The number of carbonyl (C=O) groups excluding carboxylic acids is 2. The third-order valence-electron chi connectivity index (χ3n) is 2.79. The van der Waals surface area contributed by atoms with E-state index in [1.165, 1.54) is 15.8 Å². The van der Waals surface area contributed by atoms with E-state index in [2.05, 4.69) is 15.6 Å². The molecule has 1 aromatic rings. The van der Waals surface area contributed by atoms with Crippen LogP contribution in [-0.2, 0) is 22.7 Å². The lowest BCUT2D eigenvalue weighted by Gasteiger charge is -2.16. The summed E-state index contributed by atoms with van der Waals surface area (Å²) in [6.45, 7) is -0.176. The lowest BCUT2D eigenvalue weighted by molar-refractivity contribution is -0.135. The zero-order chi connectivity index (χ0) is 13.8. The average molecular weight is 267 g/mol. The number of amides is 2. The molecule has 1 saturated carbocycles. The third-order valence-corrected chi connectivity index (χ3v) is 2.79. The number of aliphatic hydroxyl groups is 1. The molecule has 104 valence electrons. The Hall–Kier alpha value is -1.96. The highest BCUT2D eigenvalue weighted by Crippen LogP contribution is 2.18. The Morgan fingerprint density at radius 3 is 2.89 bits per heavy atom. The maximum atomic E-state index is 11.8. The molecule has 8 heteroatoms. The van der Waals surface area contributed by atoms with E-state index in [4.69, 9.17) is 5.11 Å². The molecule has 0 unspecified atom stereocenters. The van der Waals surface area contributed by atoms with Gasteiger partial charge in [-0.15, -0.1) is 5.10 Å². The first-order valence-electron chi connectivity index (χ1n) is 6.11. The standard InChI is InChI=1S/C11H17N5O3/c1-15(5-10(18)12-8-2-3-8)11(19)6-16-4-9(7-17)13-14-16/h4,8,17H,2-3,5-7H2,1H3,(H,12,18). The van der Waals surface area contributed by atoms with Crippen LogP contribution in [0, 0.1) is 0 Å². The van der Waals surface area contributed by atoms with Gasteiger partial charge in [0.2, 0.25) is 11.8 Å². The van der Waals surface area contributed by atoms with Crippen molar-refractivity contribution in [2.24, 2.45) is 0 Å². The first kappa shape index (κ1) is 13.5. The minimum absolute atomic E-state index is 0.000207. The van der Waals surface area contributed by atoms with Crippen LogP contribution < -0.4 is 5.32 Å². The number of nitrogens with zero attached hydrogens (tertiary/aromatic N) is 4. The SMILES string of the molecule is CN(CC(=O)NC1CC1)C(=O)Cn1cc(CO)nn1. The number of rotatable bonds is 6. The van der Waals surface area contributed by atoms with Crippen molar-refractivity contribution in [1.82, 2.24) is 25.2 Å². The Morgan fingerprint density at radius 1 is 1.58 bits per heavy atom. The predicted octanol–water partition coefficient (Wildman–Crippen LogP) is -1.49. The monoisotopic (exact) mass is 267 g/mol. The molecule has 0 atom stereocenters. The average Bonchev–Trinajstić information content (AvgIpc) is 3.05. The van der Waals surface area contributed by atoms with Gasteiger partial charge in [0.05, 0.1) is 19.3 Å². The summed E-state index contributed by atoms with van der Waals surface area (Å²) in [6.07, 6.45) is 3.54. The van der Waals surface area contributed by atoms with Gasteiger partial charge in [0.1, 0.15) is 12.2 Å². The van der Waals surface area contributed by atoms with E-state index in [1.54, 1.807) is 7.05 Å². The number of nitrogens with one attached hydrogen (secondary N) is 1. The highest BCUT2D eigenvalue weighted by molar-refractivity contribution is 5.84. The maximum Gasteiger partial charge on any atom is 0.244 e. The van der Waals surface area contributed by atoms with E-state index in [9.17, 15) is 9.59 Å². The van der Waals surface area contributed by atoms with Crippen LogP contribution in [0.4, 0.5) is 0 Å². The van der Waals surface area contributed by atoms with Gasteiger partial charge in [-0.3, -0.25) is 9.59 Å². The summed E-state index contributed by atoms with van der Waals surface area (Å²) in [6, 6.07) is 0.290. The van der Waals surface area contributed by atoms with Gasteiger partial charge in [0, 0.05) is 13.1 Å². The first-order valence-corrected chi connectivity index (χ1v) is 6.11. The summed E-state index contributed by atoms with van der Waals surface area (Å²) < 4.78 is 1.34. The minimum atomic E-state index is -0.236. The van der Waals surface area contributed by atoms with Gasteiger partial charge < -0.3 is 15.3 Å². The molecule has 0 radical (unpaired) electrons.